The first kappa shape index (κ1) is 31.0. The maximum Gasteiger partial charge on any atom is 0.165 e. The molecule has 0 radical (unpaired) electrons. The third-order valence-corrected chi connectivity index (χ3v) is 11.2. The van der Waals surface area contributed by atoms with Gasteiger partial charge in [0, 0.05) is 36.9 Å². The van der Waals surface area contributed by atoms with Crippen molar-refractivity contribution in [2.24, 2.45) is 0 Å². The zero-order valence-electron chi connectivity index (χ0n) is 28.6. The minimum Gasteiger partial charge on any atom is -0.208 e. The molecule has 10 aromatic rings. The van der Waals surface area contributed by atoms with E-state index in [-0.39, 0.29) is 0 Å². The summed E-state index contributed by atoms with van der Waals surface area (Å²) in [5.41, 5.74) is 10.1. The van der Waals surface area contributed by atoms with Crippen LogP contribution >= 0.6 is 11.3 Å². The van der Waals surface area contributed by atoms with Crippen molar-refractivity contribution in [1.82, 2.24) is 15.0 Å². The summed E-state index contributed by atoms with van der Waals surface area (Å²) in [5, 5.41) is 4.70. The molecule has 0 amide bonds. The number of rotatable bonds is 6. The lowest BCUT2D eigenvalue weighted by molar-refractivity contribution is 1.08. The summed E-state index contributed by atoms with van der Waals surface area (Å²) in [6, 6.07) is 66.3. The molecule has 248 valence electrons. The van der Waals surface area contributed by atoms with Gasteiger partial charge >= 0.3 is 0 Å². The van der Waals surface area contributed by atoms with Gasteiger partial charge in [-0.2, -0.15) is 0 Å². The van der Waals surface area contributed by atoms with Gasteiger partial charge in [0.05, 0.1) is 0 Å². The Morgan fingerprint density at radius 3 is 1.43 bits per heavy atom. The summed E-state index contributed by atoms with van der Waals surface area (Å²) in [7, 11) is 0. The Morgan fingerprint density at radius 1 is 0.264 bits per heavy atom. The summed E-state index contributed by atoms with van der Waals surface area (Å²) in [6.45, 7) is 0. The first-order chi connectivity index (χ1) is 26.3. The Bertz CT molecular complexity index is 2950. The number of aromatic nitrogens is 3. The van der Waals surface area contributed by atoms with Gasteiger partial charge in [-0.25, -0.2) is 15.0 Å². The Morgan fingerprint density at radius 2 is 0.717 bits per heavy atom. The van der Waals surface area contributed by atoms with Crippen molar-refractivity contribution in [3.63, 3.8) is 0 Å². The van der Waals surface area contributed by atoms with E-state index in [1.165, 1.54) is 48.0 Å². The van der Waals surface area contributed by atoms with Crippen LogP contribution in [-0.4, -0.2) is 15.0 Å². The Labute approximate surface area is 311 Å². The van der Waals surface area contributed by atoms with Crippen LogP contribution in [0.2, 0.25) is 0 Å². The molecular formula is C49H31N3S. The van der Waals surface area contributed by atoms with Crippen LogP contribution in [0, 0.1) is 0 Å². The molecular weight excluding hydrogens is 663 g/mol. The summed E-state index contributed by atoms with van der Waals surface area (Å²) < 4.78 is 2.43. The highest BCUT2D eigenvalue weighted by Crippen LogP contribution is 2.43. The molecule has 4 heteroatoms. The fraction of sp³-hybridized carbons (Fsp3) is 0. The van der Waals surface area contributed by atoms with Gasteiger partial charge in [-0.3, -0.25) is 0 Å². The highest BCUT2D eigenvalue weighted by atomic mass is 32.1. The fourth-order valence-electron chi connectivity index (χ4n) is 7.53. The summed E-state index contributed by atoms with van der Waals surface area (Å²) in [6.07, 6.45) is 0. The molecule has 2 heterocycles. The van der Waals surface area contributed by atoms with Crippen molar-refractivity contribution in [3.8, 4) is 67.5 Å². The van der Waals surface area contributed by atoms with E-state index in [0.717, 1.165) is 33.0 Å². The van der Waals surface area contributed by atoms with E-state index in [1.54, 1.807) is 11.3 Å². The van der Waals surface area contributed by atoms with Crippen LogP contribution in [0.15, 0.2) is 188 Å². The smallest absolute Gasteiger partial charge is 0.165 e. The number of hydrogen-bond acceptors (Lipinski definition) is 4. The van der Waals surface area contributed by atoms with E-state index < -0.39 is 0 Å². The molecule has 0 bridgehead atoms. The standard InChI is InChI=1S/C49H31N3S/c1-3-16-32(17-4-1)34-20-7-8-21-35(34)36-22-9-10-23-37(36)40-30-31-43(39-25-12-11-24-38(39)40)48-50-47(33-18-5-2-6-19-33)51-49(52-48)44-28-15-27-42-41-26-13-14-29-45(41)53-46(42)44/h1-31H. The predicted molar refractivity (Wildman–Crippen MR) is 223 cm³/mol. The molecule has 0 fully saturated rings. The molecule has 10 rings (SSSR count). The molecule has 0 saturated heterocycles. The van der Waals surface area contributed by atoms with Crippen molar-refractivity contribution in [2.45, 2.75) is 0 Å². The lowest BCUT2D eigenvalue weighted by atomic mass is 9.87. The topological polar surface area (TPSA) is 38.7 Å². The van der Waals surface area contributed by atoms with E-state index in [0.29, 0.717) is 17.5 Å². The minimum absolute atomic E-state index is 0.650. The molecule has 0 atom stereocenters. The van der Waals surface area contributed by atoms with Gasteiger partial charge in [0.2, 0.25) is 0 Å². The Balaban J connectivity index is 1.18. The first-order valence-corrected chi connectivity index (χ1v) is 18.6. The molecule has 53 heavy (non-hydrogen) atoms. The second-order valence-corrected chi connectivity index (χ2v) is 14.2. The van der Waals surface area contributed by atoms with E-state index in [2.05, 4.69) is 170 Å². The van der Waals surface area contributed by atoms with Crippen LogP contribution in [0.4, 0.5) is 0 Å². The summed E-state index contributed by atoms with van der Waals surface area (Å²) in [5.74, 6) is 1.97. The Kier molecular flexibility index (Phi) is 7.67. The van der Waals surface area contributed by atoms with Crippen LogP contribution < -0.4 is 0 Å². The molecule has 0 unspecified atom stereocenters. The fourth-order valence-corrected chi connectivity index (χ4v) is 8.74. The highest BCUT2D eigenvalue weighted by molar-refractivity contribution is 7.26. The first-order valence-electron chi connectivity index (χ1n) is 17.8. The van der Waals surface area contributed by atoms with E-state index in [9.17, 15) is 0 Å². The van der Waals surface area contributed by atoms with Crippen LogP contribution in [0.1, 0.15) is 0 Å². The van der Waals surface area contributed by atoms with Crippen LogP contribution in [-0.2, 0) is 0 Å². The largest absolute Gasteiger partial charge is 0.208 e. The van der Waals surface area contributed by atoms with Gasteiger partial charge in [-0.05, 0) is 62.4 Å². The Hall–Kier alpha value is -6.75. The van der Waals surface area contributed by atoms with Crippen molar-refractivity contribution >= 4 is 42.3 Å². The van der Waals surface area contributed by atoms with Crippen LogP contribution in [0.3, 0.4) is 0 Å². The number of fused-ring (bicyclic) bond motifs is 4. The van der Waals surface area contributed by atoms with Crippen molar-refractivity contribution in [2.75, 3.05) is 0 Å². The molecule has 2 aromatic heterocycles. The quantitative estimate of drug-likeness (QED) is 0.174. The zero-order chi connectivity index (χ0) is 35.1. The maximum absolute atomic E-state index is 5.27. The molecule has 0 aliphatic carbocycles. The molecule has 0 aliphatic heterocycles. The third-order valence-electron chi connectivity index (χ3n) is 10.00. The van der Waals surface area contributed by atoms with E-state index in [4.69, 9.17) is 15.0 Å². The van der Waals surface area contributed by atoms with Gasteiger partial charge in [-0.15, -0.1) is 11.3 Å². The van der Waals surface area contributed by atoms with Crippen molar-refractivity contribution in [1.29, 1.82) is 0 Å². The maximum atomic E-state index is 5.27. The lowest BCUT2D eigenvalue weighted by Gasteiger charge is -2.17. The lowest BCUT2D eigenvalue weighted by Crippen LogP contribution is -2.01. The number of hydrogen-bond donors (Lipinski definition) is 0. The van der Waals surface area contributed by atoms with Crippen LogP contribution in [0.5, 0.6) is 0 Å². The van der Waals surface area contributed by atoms with Crippen LogP contribution in [0.25, 0.3) is 98.5 Å². The summed E-state index contributed by atoms with van der Waals surface area (Å²) in [4.78, 5) is 15.6. The predicted octanol–water partition coefficient (Wildman–Crippen LogP) is 13.4. The second kappa shape index (κ2) is 13.1. The second-order valence-electron chi connectivity index (χ2n) is 13.1. The number of nitrogens with zero attached hydrogens (tertiary/aromatic N) is 3. The molecule has 0 saturated carbocycles. The monoisotopic (exact) mass is 693 g/mol. The molecule has 0 N–H and O–H groups in total. The number of benzene rings is 8. The minimum atomic E-state index is 0.650. The average Bonchev–Trinajstić information content (AvgIpc) is 3.63. The third kappa shape index (κ3) is 5.48. The van der Waals surface area contributed by atoms with Gasteiger partial charge in [-0.1, -0.05) is 170 Å². The molecule has 0 spiro atoms. The molecule has 3 nitrogen and oxygen atoms in total. The van der Waals surface area contributed by atoms with Gasteiger partial charge < -0.3 is 0 Å². The molecule has 8 aromatic carbocycles. The summed E-state index contributed by atoms with van der Waals surface area (Å²) >= 11 is 1.79. The SMILES string of the molecule is c1ccc(-c2nc(-c3ccc(-c4ccccc4-c4ccccc4-c4ccccc4)c4ccccc34)nc(-c3cccc4c3sc3ccccc34)n2)cc1. The van der Waals surface area contributed by atoms with E-state index >= 15 is 0 Å². The van der Waals surface area contributed by atoms with Crippen molar-refractivity contribution < 1.29 is 0 Å². The van der Waals surface area contributed by atoms with Gasteiger partial charge in [0.25, 0.3) is 0 Å². The van der Waals surface area contributed by atoms with Gasteiger partial charge in [0.15, 0.2) is 17.5 Å². The highest BCUT2D eigenvalue weighted by Gasteiger charge is 2.20. The normalized spacial score (nSPS) is 11.4. The number of thiophene rings is 1. The van der Waals surface area contributed by atoms with Crippen molar-refractivity contribution in [3.05, 3.63) is 188 Å². The zero-order valence-corrected chi connectivity index (χ0v) is 29.5. The van der Waals surface area contributed by atoms with Gasteiger partial charge in [0.1, 0.15) is 0 Å². The molecule has 0 aliphatic rings. The average molecular weight is 694 g/mol. The van der Waals surface area contributed by atoms with E-state index in [1.807, 2.05) is 18.2 Å².